The van der Waals surface area contributed by atoms with Gasteiger partial charge in [0.2, 0.25) is 0 Å². The molecule has 0 unspecified atom stereocenters. The van der Waals surface area contributed by atoms with Crippen LogP contribution in [0, 0.1) is 11.3 Å². The van der Waals surface area contributed by atoms with Crippen molar-refractivity contribution in [2.75, 3.05) is 23.3 Å². The predicted octanol–water partition coefficient (Wildman–Crippen LogP) is 4.22. The highest BCUT2D eigenvalue weighted by atomic mass is 32.1. The molecule has 108 valence electrons. The van der Waals surface area contributed by atoms with E-state index < -0.39 is 0 Å². The molecular formula is C17H19N3S. The molecule has 1 aromatic carbocycles. The maximum atomic E-state index is 8.82. The fourth-order valence-corrected chi connectivity index (χ4v) is 3.41. The minimum atomic E-state index is 0.747. The van der Waals surface area contributed by atoms with Crippen LogP contribution in [0.2, 0.25) is 0 Å². The molecule has 1 saturated heterocycles. The van der Waals surface area contributed by atoms with Crippen LogP contribution in [0.25, 0.3) is 0 Å². The van der Waals surface area contributed by atoms with E-state index in [-0.39, 0.29) is 0 Å². The quantitative estimate of drug-likeness (QED) is 0.918. The van der Waals surface area contributed by atoms with Crippen molar-refractivity contribution < 1.29 is 0 Å². The maximum absolute atomic E-state index is 8.82. The van der Waals surface area contributed by atoms with Crippen molar-refractivity contribution in [1.82, 2.24) is 0 Å². The lowest BCUT2D eigenvalue weighted by atomic mass is 10.1. The van der Waals surface area contributed by atoms with E-state index in [1.807, 2.05) is 11.4 Å². The fourth-order valence-electron chi connectivity index (χ4n) is 2.66. The third-order valence-electron chi connectivity index (χ3n) is 3.84. The Morgan fingerprint density at radius 2 is 1.90 bits per heavy atom. The highest BCUT2D eigenvalue weighted by molar-refractivity contribution is 7.10. The molecule has 3 nitrogen and oxygen atoms in total. The van der Waals surface area contributed by atoms with E-state index in [0.717, 1.165) is 17.8 Å². The summed E-state index contributed by atoms with van der Waals surface area (Å²) >= 11 is 1.63. The lowest BCUT2D eigenvalue weighted by Crippen LogP contribution is -2.29. The van der Waals surface area contributed by atoms with Gasteiger partial charge in [0.1, 0.15) is 6.07 Å². The largest absolute Gasteiger partial charge is 0.380 e. The van der Waals surface area contributed by atoms with Gasteiger partial charge in [-0.25, -0.2) is 0 Å². The summed E-state index contributed by atoms with van der Waals surface area (Å²) in [7, 11) is 0. The number of anilines is 2. The molecule has 0 saturated carbocycles. The third-order valence-corrected chi connectivity index (χ3v) is 4.77. The molecule has 1 aliphatic heterocycles. The molecule has 3 rings (SSSR count). The van der Waals surface area contributed by atoms with Crippen molar-refractivity contribution in [2.45, 2.75) is 25.8 Å². The number of hydrogen-bond donors (Lipinski definition) is 1. The van der Waals surface area contributed by atoms with Crippen molar-refractivity contribution in [1.29, 1.82) is 5.26 Å². The SMILES string of the molecule is N#Cc1csc(CNc2ccc(N3CCCCC3)cc2)c1. The Labute approximate surface area is 129 Å². The monoisotopic (exact) mass is 297 g/mol. The van der Waals surface area contributed by atoms with E-state index in [1.165, 1.54) is 42.9 Å². The molecule has 0 spiro atoms. The Bertz CT molecular complexity index is 618. The number of nitrogens with one attached hydrogen (secondary N) is 1. The van der Waals surface area contributed by atoms with Gasteiger partial charge in [-0.05, 0) is 49.6 Å². The van der Waals surface area contributed by atoms with Crippen LogP contribution in [0.3, 0.4) is 0 Å². The van der Waals surface area contributed by atoms with Gasteiger partial charge in [-0.15, -0.1) is 11.3 Å². The third kappa shape index (κ3) is 3.56. The van der Waals surface area contributed by atoms with E-state index in [4.69, 9.17) is 5.26 Å². The number of thiophene rings is 1. The molecule has 0 atom stereocenters. The van der Waals surface area contributed by atoms with Crippen LogP contribution in [0.15, 0.2) is 35.7 Å². The van der Waals surface area contributed by atoms with Crippen molar-refractivity contribution >= 4 is 22.7 Å². The number of rotatable bonds is 4. The maximum Gasteiger partial charge on any atom is 0.100 e. The van der Waals surface area contributed by atoms with Gasteiger partial charge in [0.15, 0.2) is 0 Å². The van der Waals surface area contributed by atoms with Crippen LogP contribution in [0.4, 0.5) is 11.4 Å². The summed E-state index contributed by atoms with van der Waals surface area (Å²) in [5, 5.41) is 14.1. The Balaban J connectivity index is 1.58. The van der Waals surface area contributed by atoms with Gasteiger partial charge in [-0.3, -0.25) is 0 Å². The summed E-state index contributed by atoms with van der Waals surface area (Å²) < 4.78 is 0. The first-order valence-electron chi connectivity index (χ1n) is 7.41. The average Bonchev–Trinajstić information content (AvgIpc) is 3.02. The molecule has 1 N–H and O–H groups in total. The van der Waals surface area contributed by atoms with Crippen LogP contribution in [-0.2, 0) is 6.54 Å². The van der Waals surface area contributed by atoms with Gasteiger partial charge in [-0.2, -0.15) is 5.26 Å². The zero-order chi connectivity index (χ0) is 14.5. The summed E-state index contributed by atoms with van der Waals surface area (Å²) in [6.45, 7) is 3.13. The van der Waals surface area contributed by atoms with Gasteiger partial charge in [0, 0.05) is 41.3 Å². The lowest BCUT2D eigenvalue weighted by molar-refractivity contribution is 0.578. The van der Waals surface area contributed by atoms with Gasteiger partial charge in [0.05, 0.1) is 5.56 Å². The highest BCUT2D eigenvalue weighted by Crippen LogP contribution is 2.22. The molecule has 0 aliphatic carbocycles. The first-order valence-corrected chi connectivity index (χ1v) is 8.29. The van der Waals surface area contributed by atoms with Gasteiger partial charge in [-0.1, -0.05) is 0 Å². The topological polar surface area (TPSA) is 39.1 Å². The van der Waals surface area contributed by atoms with Gasteiger partial charge in [0.25, 0.3) is 0 Å². The number of piperidine rings is 1. The Morgan fingerprint density at radius 1 is 1.14 bits per heavy atom. The van der Waals surface area contributed by atoms with Gasteiger partial charge < -0.3 is 10.2 Å². The van der Waals surface area contributed by atoms with Crippen molar-refractivity contribution in [2.24, 2.45) is 0 Å². The number of nitrogens with zero attached hydrogens (tertiary/aromatic N) is 2. The second kappa shape index (κ2) is 6.64. The van der Waals surface area contributed by atoms with Crippen LogP contribution in [-0.4, -0.2) is 13.1 Å². The molecule has 0 radical (unpaired) electrons. The Morgan fingerprint density at radius 3 is 2.57 bits per heavy atom. The summed E-state index contributed by atoms with van der Waals surface area (Å²) in [4.78, 5) is 3.65. The molecule has 2 heterocycles. The Kier molecular flexibility index (Phi) is 4.42. The van der Waals surface area contributed by atoms with E-state index in [0.29, 0.717) is 0 Å². The van der Waals surface area contributed by atoms with E-state index in [1.54, 1.807) is 11.3 Å². The van der Waals surface area contributed by atoms with E-state index >= 15 is 0 Å². The molecule has 1 fully saturated rings. The van der Waals surface area contributed by atoms with Crippen LogP contribution < -0.4 is 10.2 Å². The number of benzene rings is 1. The highest BCUT2D eigenvalue weighted by Gasteiger charge is 2.10. The molecular weight excluding hydrogens is 278 g/mol. The van der Waals surface area contributed by atoms with E-state index in [9.17, 15) is 0 Å². The minimum Gasteiger partial charge on any atom is -0.380 e. The van der Waals surface area contributed by atoms with Gasteiger partial charge >= 0.3 is 0 Å². The minimum absolute atomic E-state index is 0.747. The summed E-state index contributed by atoms with van der Waals surface area (Å²) in [5.41, 5.74) is 3.20. The standard InChI is InChI=1S/C17H19N3S/c18-11-14-10-17(21-13-14)12-19-15-4-6-16(7-5-15)20-8-2-1-3-9-20/h4-7,10,13,19H,1-3,8-9,12H2. The second-order valence-electron chi connectivity index (χ2n) is 5.36. The molecule has 0 bridgehead atoms. The molecule has 0 amide bonds. The van der Waals surface area contributed by atoms with Crippen LogP contribution in [0.5, 0.6) is 0 Å². The van der Waals surface area contributed by atoms with E-state index in [2.05, 4.69) is 40.6 Å². The van der Waals surface area contributed by atoms with Crippen molar-refractivity contribution in [3.63, 3.8) is 0 Å². The predicted molar refractivity (Wildman–Crippen MR) is 88.9 cm³/mol. The average molecular weight is 297 g/mol. The molecule has 1 aromatic heterocycles. The lowest BCUT2D eigenvalue weighted by Gasteiger charge is -2.28. The zero-order valence-electron chi connectivity index (χ0n) is 12.0. The smallest absolute Gasteiger partial charge is 0.100 e. The molecule has 1 aliphatic rings. The molecule has 21 heavy (non-hydrogen) atoms. The number of nitriles is 1. The number of hydrogen-bond acceptors (Lipinski definition) is 4. The first-order chi connectivity index (χ1) is 10.3. The molecule has 2 aromatic rings. The first kappa shape index (κ1) is 14.0. The second-order valence-corrected chi connectivity index (χ2v) is 6.36. The van der Waals surface area contributed by atoms with Crippen molar-refractivity contribution in [3.8, 4) is 6.07 Å². The zero-order valence-corrected chi connectivity index (χ0v) is 12.8. The van der Waals surface area contributed by atoms with Crippen LogP contribution in [0.1, 0.15) is 29.7 Å². The summed E-state index contributed by atoms with van der Waals surface area (Å²) in [5.74, 6) is 0. The summed E-state index contributed by atoms with van der Waals surface area (Å²) in [6, 6.07) is 12.8. The molecule has 4 heteroatoms. The normalized spacial score (nSPS) is 14.7. The fraction of sp³-hybridized carbons (Fsp3) is 0.353. The van der Waals surface area contributed by atoms with Crippen LogP contribution >= 0.6 is 11.3 Å². The Hall–Kier alpha value is -1.99. The summed E-state index contributed by atoms with van der Waals surface area (Å²) in [6.07, 6.45) is 3.97. The van der Waals surface area contributed by atoms with Crippen molar-refractivity contribution in [3.05, 3.63) is 46.2 Å².